The van der Waals surface area contributed by atoms with Gasteiger partial charge in [-0.2, -0.15) is 0 Å². The number of hydrogen-bond donors (Lipinski definition) is 1. The van der Waals surface area contributed by atoms with Gasteiger partial charge in [0.1, 0.15) is 5.60 Å². The second kappa shape index (κ2) is 6.99. The summed E-state index contributed by atoms with van der Waals surface area (Å²) in [5.41, 5.74) is -0.405. The average molecular weight is 296 g/mol. The first-order valence-electron chi connectivity index (χ1n) is 8.59. The minimum absolute atomic E-state index is 0.162. The number of hydrogen-bond acceptors (Lipinski definition) is 3. The molecule has 1 N–H and O–H groups in total. The molecule has 0 radical (unpaired) electrons. The van der Waals surface area contributed by atoms with Gasteiger partial charge in [0.15, 0.2) is 0 Å². The highest BCUT2D eigenvalue weighted by molar-refractivity contribution is 5.68. The van der Waals surface area contributed by atoms with Crippen molar-refractivity contribution in [3.63, 3.8) is 0 Å². The van der Waals surface area contributed by atoms with Crippen LogP contribution < -0.4 is 5.32 Å². The van der Waals surface area contributed by atoms with Gasteiger partial charge in [0, 0.05) is 25.2 Å². The number of carbonyl (C=O) groups is 1. The molecule has 1 aliphatic heterocycles. The number of rotatable bonds is 2. The Balaban J connectivity index is 1.79. The first-order valence-corrected chi connectivity index (χ1v) is 8.59. The van der Waals surface area contributed by atoms with Gasteiger partial charge in [0.25, 0.3) is 0 Å². The predicted octanol–water partition coefficient (Wildman–Crippen LogP) is 3.55. The van der Waals surface area contributed by atoms with Crippen LogP contribution in [0.3, 0.4) is 0 Å². The van der Waals surface area contributed by atoms with Crippen LogP contribution in [0.2, 0.25) is 0 Å². The molecule has 0 aromatic heterocycles. The van der Waals surface area contributed by atoms with Crippen LogP contribution in [0.15, 0.2) is 0 Å². The van der Waals surface area contributed by atoms with Gasteiger partial charge in [-0.1, -0.05) is 26.2 Å². The van der Waals surface area contributed by atoms with E-state index in [1.54, 1.807) is 0 Å². The van der Waals surface area contributed by atoms with E-state index in [4.69, 9.17) is 4.74 Å². The van der Waals surface area contributed by atoms with Crippen LogP contribution in [0.25, 0.3) is 0 Å². The number of nitrogens with one attached hydrogen (secondary N) is 1. The maximum Gasteiger partial charge on any atom is 0.410 e. The molecule has 1 aliphatic carbocycles. The van der Waals surface area contributed by atoms with E-state index in [1.807, 2.05) is 25.7 Å². The number of nitrogens with zero attached hydrogens (tertiary/aromatic N) is 1. The topological polar surface area (TPSA) is 41.6 Å². The predicted molar refractivity (Wildman–Crippen MR) is 85.4 cm³/mol. The lowest BCUT2D eigenvalue weighted by molar-refractivity contribution is 0.0136. The van der Waals surface area contributed by atoms with Crippen molar-refractivity contribution >= 4 is 6.09 Å². The van der Waals surface area contributed by atoms with Crippen molar-refractivity contribution in [1.29, 1.82) is 0 Å². The van der Waals surface area contributed by atoms with Crippen molar-refractivity contribution < 1.29 is 9.53 Å². The maximum absolute atomic E-state index is 12.1. The van der Waals surface area contributed by atoms with Crippen LogP contribution in [0.5, 0.6) is 0 Å². The monoisotopic (exact) mass is 296 g/mol. The molecule has 4 nitrogen and oxygen atoms in total. The molecular weight excluding hydrogens is 264 g/mol. The Hall–Kier alpha value is -0.770. The van der Waals surface area contributed by atoms with Gasteiger partial charge in [0.05, 0.1) is 0 Å². The van der Waals surface area contributed by atoms with Crippen molar-refractivity contribution in [3.8, 4) is 0 Å². The summed E-state index contributed by atoms with van der Waals surface area (Å²) in [7, 11) is 0. The fourth-order valence-electron chi connectivity index (χ4n) is 3.46. The SMILES string of the molecule is C[C@H]1CN(C(=O)OC(C)(C)C)CC[C@@H]1NC1CCCCC1. The highest BCUT2D eigenvalue weighted by Crippen LogP contribution is 2.23. The van der Waals surface area contributed by atoms with E-state index in [-0.39, 0.29) is 6.09 Å². The summed E-state index contributed by atoms with van der Waals surface area (Å²) in [6.45, 7) is 9.63. The van der Waals surface area contributed by atoms with Crippen molar-refractivity contribution in [2.75, 3.05) is 13.1 Å². The van der Waals surface area contributed by atoms with E-state index in [0.717, 1.165) is 19.5 Å². The van der Waals surface area contributed by atoms with Crippen molar-refractivity contribution in [3.05, 3.63) is 0 Å². The quantitative estimate of drug-likeness (QED) is 0.847. The second-order valence-corrected chi connectivity index (χ2v) is 7.80. The fraction of sp³-hybridized carbons (Fsp3) is 0.941. The minimum Gasteiger partial charge on any atom is -0.444 e. The van der Waals surface area contributed by atoms with Crippen LogP contribution in [0.1, 0.15) is 66.2 Å². The van der Waals surface area contributed by atoms with Crippen molar-refractivity contribution in [2.24, 2.45) is 5.92 Å². The smallest absolute Gasteiger partial charge is 0.410 e. The molecule has 0 aromatic rings. The summed E-state index contributed by atoms with van der Waals surface area (Å²) in [5, 5.41) is 3.84. The number of amides is 1. The molecule has 2 fully saturated rings. The molecule has 21 heavy (non-hydrogen) atoms. The first kappa shape index (κ1) is 16.6. The van der Waals surface area contributed by atoms with Gasteiger partial charge in [-0.25, -0.2) is 4.79 Å². The van der Waals surface area contributed by atoms with Gasteiger partial charge in [0.2, 0.25) is 0 Å². The van der Waals surface area contributed by atoms with Gasteiger partial charge in [-0.05, 0) is 46.0 Å². The van der Waals surface area contributed by atoms with Crippen molar-refractivity contribution in [2.45, 2.75) is 83.9 Å². The average Bonchev–Trinajstić information content (AvgIpc) is 2.40. The van der Waals surface area contributed by atoms with Gasteiger partial charge >= 0.3 is 6.09 Å². The van der Waals surface area contributed by atoms with Crippen molar-refractivity contribution in [1.82, 2.24) is 10.2 Å². The Labute approximate surface area is 129 Å². The van der Waals surface area contributed by atoms with E-state index in [2.05, 4.69) is 12.2 Å². The van der Waals surface area contributed by atoms with Crippen LogP contribution in [0, 0.1) is 5.92 Å². The highest BCUT2D eigenvalue weighted by Gasteiger charge is 2.32. The molecule has 2 rings (SSSR count). The van der Waals surface area contributed by atoms with E-state index < -0.39 is 5.60 Å². The molecule has 0 unspecified atom stereocenters. The lowest BCUT2D eigenvalue weighted by Crippen LogP contribution is -2.53. The van der Waals surface area contributed by atoms with E-state index in [1.165, 1.54) is 32.1 Å². The molecule has 0 aromatic carbocycles. The Kier molecular flexibility index (Phi) is 5.53. The number of piperidine rings is 1. The molecule has 0 spiro atoms. The molecule has 0 bridgehead atoms. The second-order valence-electron chi connectivity index (χ2n) is 7.80. The lowest BCUT2D eigenvalue weighted by atomic mass is 9.90. The summed E-state index contributed by atoms with van der Waals surface area (Å²) in [6, 6.07) is 1.24. The van der Waals surface area contributed by atoms with Crippen LogP contribution in [-0.4, -0.2) is 41.8 Å². The molecule has 122 valence electrons. The third-order valence-corrected chi connectivity index (χ3v) is 4.61. The zero-order valence-electron chi connectivity index (χ0n) is 14.2. The third-order valence-electron chi connectivity index (χ3n) is 4.61. The molecule has 4 heteroatoms. The summed E-state index contributed by atoms with van der Waals surface area (Å²) >= 11 is 0. The summed E-state index contributed by atoms with van der Waals surface area (Å²) < 4.78 is 5.48. The maximum atomic E-state index is 12.1. The summed E-state index contributed by atoms with van der Waals surface area (Å²) in [4.78, 5) is 14.0. The highest BCUT2D eigenvalue weighted by atomic mass is 16.6. The van der Waals surface area contributed by atoms with E-state index in [9.17, 15) is 4.79 Å². The van der Waals surface area contributed by atoms with Crippen LogP contribution >= 0.6 is 0 Å². The third kappa shape index (κ3) is 5.17. The fourth-order valence-corrected chi connectivity index (χ4v) is 3.46. The Bertz CT molecular complexity index is 345. The molecule has 1 heterocycles. The van der Waals surface area contributed by atoms with Crippen LogP contribution in [-0.2, 0) is 4.74 Å². The summed E-state index contributed by atoms with van der Waals surface area (Å²) in [6.07, 6.45) is 7.64. The minimum atomic E-state index is -0.405. The zero-order valence-corrected chi connectivity index (χ0v) is 14.2. The van der Waals surface area contributed by atoms with Gasteiger partial charge in [-0.3, -0.25) is 0 Å². The normalized spacial score (nSPS) is 28.5. The Morgan fingerprint density at radius 2 is 1.81 bits per heavy atom. The first-order chi connectivity index (χ1) is 9.85. The molecule has 1 saturated carbocycles. The standard InChI is InChI=1S/C17H32N2O2/c1-13-12-19(16(20)21-17(2,3)4)11-10-15(13)18-14-8-6-5-7-9-14/h13-15,18H,5-12H2,1-4H3/t13-,15-/m0/s1. The lowest BCUT2D eigenvalue weighted by Gasteiger charge is -2.40. The van der Waals surface area contributed by atoms with Gasteiger partial charge in [-0.15, -0.1) is 0 Å². The largest absolute Gasteiger partial charge is 0.444 e. The molecule has 1 saturated heterocycles. The number of ether oxygens (including phenoxy) is 1. The summed E-state index contributed by atoms with van der Waals surface area (Å²) in [5.74, 6) is 0.494. The molecule has 1 amide bonds. The Morgan fingerprint density at radius 1 is 1.14 bits per heavy atom. The Morgan fingerprint density at radius 3 is 2.38 bits per heavy atom. The number of carbonyl (C=O) groups excluding carboxylic acids is 1. The van der Waals surface area contributed by atoms with E-state index in [0.29, 0.717) is 18.0 Å². The van der Waals surface area contributed by atoms with Gasteiger partial charge < -0.3 is 15.0 Å². The van der Waals surface area contributed by atoms with E-state index >= 15 is 0 Å². The molecule has 2 atom stereocenters. The molecule has 2 aliphatic rings. The van der Waals surface area contributed by atoms with Crippen LogP contribution in [0.4, 0.5) is 4.79 Å². The zero-order chi connectivity index (χ0) is 15.5. The molecular formula is C17H32N2O2. The number of likely N-dealkylation sites (tertiary alicyclic amines) is 1.